The van der Waals surface area contributed by atoms with E-state index in [4.69, 9.17) is 11.6 Å². The highest BCUT2D eigenvalue weighted by Crippen LogP contribution is 2.42. The van der Waals surface area contributed by atoms with Crippen molar-refractivity contribution in [2.45, 2.75) is 39.0 Å². The van der Waals surface area contributed by atoms with E-state index in [1.807, 2.05) is 0 Å². The summed E-state index contributed by atoms with van der Waals surface area (Å²) in [5.41, 5.74) is -0.428. The molecule has 2 rings (SSSR count). The van der Waals surface area contributed by atoms with Crippen molar-refractivity contribution in [1.82, 2.24) is 0 Å². The van der Waals surface area contributed by atoms with E-state index in [2.05, 4.69) is 6.92 Å². The van der Waals surface area contributed by atoms with Crippen LogP contribution in [0.25, 0.3) is 0 Å². The molecule has 0 bridgehead atoms. The highest BCUT2D eigenvalue weighted by atomic mass is 35.5. The molecule has 0 aliphatic heterocycles. The summed E-state index contributed by atoms with van der Waals surface area (Å²) in [5, 5.41) is 9.60. The van der Waals surface area contributed by atoms with Crippen molar-refractivity contribution in [3.05, 3.63) is 34.6 Å². The second kappa shape index (κ2) is 5.49. The Morgan fingerprint density at radius 2 is 2.11 bits per heavy atom. The Morgan fingerprint density at radius 3 is 2.68 bits per heavy atom. The normalized spacial score (nSPS) is 27.2. The number of carboxylic acid groups (broad SMARTS) is 1. The second-order valence-corrected chi connectivity index (χ2v) is 6.06. The number of halogens is 2. The van der Waals surface area contributed by atoms with Gasteiger partial charge in [0.1, 0.15) is 5.82 Å². The third-order valence-corrected chi connectivity index (χ3v) is 4.54. The number of hydrogen-bond donors (Lipinski definition) is 1. The molecule has 0 spiro atoms. The molecule has 4 heteroatoms. The van der Waals surface area contributed by atoms with Crippen LogP contribution in [0.1, 0.15) is 38.2 Å². The monoisotopic (exact) mass is 284 g/mol. The van der Waals surface area contributed by atoms with Crippen LogP contribution in [0, 0.1) is 17.2 Å². The van der Waals surface area contributed by atoms with E-state index in [9.17, 15) is 14.3 Å². The fourth-order valence-corrected chi connectivity index (χ4v) is 3.02. The Balaban J connectivity index is 2.27. The van der Waals surface area contributed by atoms with Crippen molar-refractivity contribution >= 4 is 17.6 Å². The first-order valence-electron chi connectivity index (χ1n) is 6.61. The summed E-state index contributed by atoms with van der Waals surface area (Å²) >= 11 is 5.76. The number of hydrogen-bond acceptors (Lipinski definition) is 1. The molecule has 1 fully saturated rings. The summed E-state index contributed by atoms with van der Waals surface area (Å²) in [7, 11) is 0. The molecule has 0 unspecified atom stereocenters. The van der Waals surface area contributed by atoms with Crippen LogP contribution in [0.5, 0.6) is 0 Å². The third-order valence-electron chi connectivity index (χ3n) is 4.25. The zero-order valence-corrected chi connectivity index (χ0v) is 11.7. The highest BCUT2D eigenvalue weighted by Gasteiger charge is 2.41. The highest BCUT2D eigenvalue weighted by molar-refractivity contribution is 6.30. The van der Waals surface area contributed by atoms with Crippen molar-refractivity contribution < 1.29 is 14.3 Å². The summed E-state index contributed by atoms with van der Waals surface area (Å²) in [6, 6.07) is 4.78. The summed E-state index contributed by atoms with van der Waals surface area (Å²) < 4.78 is 13.9. The van der Waals surface area contributed by atoms with Gasteiger partial charge in [0.25, 0.3) is 0 Å². The molecule has 1 N–H and O–H groups in total. The minimum absolute atomic E-state index is 0.0576. The zero-order chi connectivity index (χ0) is 14.0. The smallest absolute Gasteiger partial charge is 0.309 e. The number of aliphatic carboxylic acids is 1. The van der Waals surface area contributed by atoms with Gasteiger partial charge in [0.15, 0.2) is 0 Å². The minimum Gasteiger partial charge on any atom is -0.481 e. The van der Waals surface area contributed by atoms with Crippen LogP contribution >= 0.6 is 11.6 Å². The van der Waals surface area contributed by atoms with Gasteiger partial charge in [0.05, 0.1) is 10.4 Å². The lowest BCUT2D eigenvalue weighted by atomic mass is 9.68. The Hall–Kier alpha value is -1.09. The lowest BCUT2D eigenvalue weighted by Crippen LogP contribution is -2.37. The van der Waals surface area contributed by atoms with Crippen molar-refractivity contribution in [1.29, 1.82) is 0 Å². The van der Waals surface area contributed by atoms with E-state index < -0.39 is 17.2 Å². The molecule has 1 aliphatic carbocycles. The van der Waals surface area contributed by atoms with Crippen LogP contribution in [0.15, 0.2) is 18.2 Å². The van der Waals surface area contributed by atoms with E-state index in [-0.39, 0.29) is 11.4 Å². The number of benzene rings is 1. The average Bonchev–Trinajstić information content (AvgIpc) is 2.37. The SMILES string of the molecule is CC1CCC(Cc2cccc(Cl)c2F)(C(=O)O)CC1. The van der Waals surface area contributed by atoms with Crippen LogP contribution in [-0.2, 0) is 11.2 Å². The van der Waals surface area contributed by atoms with E-state index in [0.29, 0.717) is 24.3 Å². The first-order valence-corrected chi connectivity index (χ1v) is 6.99. The Morgan fingerprint density at radius 1 is 1.47 bits per heavy atom. The predicted molar refractivity (Wildman–Crippen MR) is 72.8 cm³/mol. The molecule has 1 aromatic rings. The first-order chi connectivity index (χ1) is 8.94. The van der Waals surface area contributed by atoms with E-state index in [1.54, 1.807) is 12.1 Å². The summed E-state index contributed by atoms with van der Waals surface area (Å²) in [6.45, 7) is 2.13. The first kappa shape index (κ1) is 14.3. The van der Waals surface area contributed by atoms with Gasteiger partial charge in [-0.25, -0.2) is 4.39 Å². The molecular weight excluding hydrogens is 267 g/mol. The molecule has 0 saturated heterocycles. The van der Waals surface area contributed by atoms with Crippen molar-refractivity contribution in [2.75, 3.05) is 0 Å². The molecule has 19 heavy (non-hydrogen) atoms. The van der Waals surface area contributed by atoms with Gasteiger partial charge in [0.2, 0.25) is 0 Å². The number of carbonyl (C=O) groups is 1. The van der Waals surface area contributed by atoms with Gasteiger partial charge in [-0.15, -0.1) is 0 Å². The summed E-state index contributed by atoms with van der Waals surface area (Å²) in [6.07, 6.45) is 3.20. The maximum absolute atomic E-state index is 13.9. The maximum atomic E-state index is 13.9. The number of rotatable bonds is 3. The molecule has 0 amide bonds. The Kier molecular flexibility index (Phi) is 4.14. The Labute approximate surface area is 117 Å². The summed E-state index contributed by atoms with van der Waals surface area (Å²) in [4.78, 5) is 11.6. The molecule has 0 atom stereocenters. The molecule has 0 heterocycles. The fraction of sp³-hybridized carbons (Fsp3) is 0.533. The van der Waals surface area contributed by atoms with E-state index >= 15 is 0 Å². The molecule has 1 saturated carbocycles. The molecule has 2 nitrogen and oxygen atoms in total. The zero-order valence-electron chi connectivity index (χ0n) is 11.0. The average molecular weight is 285 g/mol. The Bertz CT molecular complexity index is 479. The van der Waals surface area contributed by atoms with Gasteiger partial charge in [-0.3, -0.25) is 4.79 Å². The topological polar surface area (TPSA) is 37.3 Å². The lowest BCUT2D eigenvalue weighted by Gasteiger charge is -2.36. The molecule has 1 aromatic carbocycles. The number of carboxylic acids is 1. The van der Waals surface area contributed by atoms with Crippen LogP contribution in [0.4, 0.5) is 4.39 Å². The van der Waals surface area contributed by atoms with Gasteiger partial charge in [0, 0.05) is 0 Å². The molecule has 0 aromatic heterocycles. The quantitative estimate of drug-likeness (QED) is 0.898. The van der Waals surface area contributed by atoms with Crippen LogP contribution in [0.3, 0.4) is 0 Å². The van der Waals surface area contributed by atoms with Gasteiger partial charge in [-0.1, -0.05) is 30.7 Å². The van der Waals surface area contributed by atoms with Crippen molar-refractivity contribution in [2.24, 2.45) is 11.3 Å². The largest absolute Gasteiger partial charge is 0.481 e. The fourth-order valence-electron chi connectivity index (χ4n) is 2.83. The van der Waals surface area contributed by atoms with Gasteiger partial charge in [-0.05, 0) is 49.7 Å². The maximum Gasteiger partial charge on any atom is 0.309 e. The summed E-state index contributed by atoms with van der Waals surface area (Å²) in [5.74, 6) is -0.751. The second-order valence-electron chi connectivity index (χ2n) is 5.66. The third kappa shape index (κ3) is 2.92. The molecule has 1 aliphatic rings. The van der Waals surface area contributed by atoms with E-state index in [1.165, 1.54) is 6.07 Å². The van der Waals surface area contributed by atoms with Crippen LogP contribution in [-0.4, -0.2) is 11.1 Å². The van der Waals surface area contributed by atoms with Crippen molar-refractivity contribution in [3.8, 4) is 0 Å². The van der Waals surface area contributed by atoms with Crippen LogP contribution < -0.4 is 0 Å². The molecule has 104 valence electrons. The van der Waals surface area contributed by atoms with Crippen molar-refractivity contribution in [3.63, 3.8) is 0 Å². The van der Waals surface area contributed by atoms with Crippen LogP contribution in [0.2, 0.25) is 5.02 Å². The van der Waals surface area contributed by atoms with Gasteiger partial charge >= 0.3 is 5.97 Å². The van der Waals surface area contributed by atoms with E-state index in [0.717, 1.165) is 12.8 Å². The lowest BCUT2D eigenvalue weighted by molar-refractivity contribution is -0.151. The predicted octanol–water partition coefficient (Wildman–Crippen LogP) is 4.30. The molecule has 0 radical (unpaired) electrons. The van der Waals surface area contributed by atoms with Gasteiger partial charge < -0.3 is 5.11 Å². The standard InChI is InChI=1S/C15H18ClFO2/c1-10-5-7-15(8-6-10,14(18)19)9-11-3-2-4-12(16)13(11)17/h2-4,10H,5-9H2,1H3,(H,18,19). The minimum atomic E-state index is -0.835. The van der Waals surface area contributed by atoms with Gasteiger partial charge in [-0.2, -0.15) is 0 Å². The molecular formula is C15H18ClFO2.